The summed E-state index contributed by atoms with van der Waals surface area (Å²) in [5.41, 5.74) is 0.0131. The van der Waals surface area contributed by atoms with Crippen molar-refractivity contribution < 1.29 is 36.4 Å². The Morgan fingerprint density at radius 1 is 1.09 bits per heavy atom. The number of halogens is 2. The van der Waals surface area contributed by atoms with Gasteiger partial charge in [-0.25, -0.2) is 27.0 Å². The van der Waals surface area contributed by atoms with Gasteiger partial charge in [0.15, 0.2) is 0 Å². The van der Waals surface area contributed by atoms with Gasteiger partial charge in [0, 0.05) is 36.9 Å². The minimum Gasteiger partial charge on any atom is -0.465 e. The first-order chi connectivity index (χ1) is 20.5. The van der Waals surface area contributed by atoms with E-state index < -0.39 is 38.6 Å². The van der Waals surface area contributed by atoms with Gasteiger partial charge in [0.25, 0.3) is 15.7 Å². The van der Waals surface area contributed by atoms with E-state index in [2.05, 4.69) is 4.98 Å². The zero-order valence-corrected chi connectivity index (χ0v) is 23.8. The summed E-state index contributed by atoms with van der Waals surface area (Å²) in [6.45, 7) is 3.47. The molecule has 0 amide bonds. The van der Waals surface area contributed by atoms with E-state index >= 15 is 0 Å². The molecule has 2 heterocycles. The quantitative estimate of drug-likeness (QED) is 0.159. The number of anilines is 2. The first-order valence-electron chi connectivity index (χ1n) is 13.0. The average Bonchev–Trinajstić information content (AvgIpc) is 2.99. The van der Waals surface area contributed by atoms with Crippen LogP contribution in [-0.4, -0.2) is 62.7 Å². The van der Waals surface area contributed by atoms with Gasteiger partial charge in [-0.15, -0.1) is 0 Å². The van der Waals surface area contributed by atoms with Crippen molar-refractivity contribution in [3.8, 4) is 0 Å². The largest absolute Gasteiger partial charge is 0.465 e. The van der Waals surface area contributed by atoms with Gasteiger partial charge in [-0.3, -0.25) is 19.4 Å². The minimum atomic E-state index is -4.63. The van der Waals surface area contributed by atoms with Gasteiger partial charge in [-0.05, 0) is 43.3 Å². The molecule has 15 heteroatoms. The van der Waals surface area contributed by atoms with E-state index in [9.17, 15) is 32.1 Å². The van der Waals surface area contributed by atoms with Crippen molar-refractivity contribution in [2.45, 2.75) is 17.9 Å². The Kier molecular flexibility index (Phi) is 8.19. The fraction of sp³-hybridized carbons (Fsp3) is 0.250. The number of fused-ring (bicyclic) bond motifs is 1. The Hall–Kier alpha value is -4.76. The molecular formula is C28H25F2N5O7S. The number of nitro groups is 1. The maximum absolute atomic E-state index is 14.5. The molecule has 1 aromatic heterocycles. The average molecular weight is 614 g/mol. The van der Waals surface area contributed by atoms with Gasteiger partial charge in [0.2, 0.25) is 0 Å². The predicted octanol–water partition coefficient (Wildman–Crippen LogP) is 4.40. The number of ether oxygens (including phenoxy) is 2. The summed E-state index contributed by atoms with van der Waals surface area (Å²) in [4.78, 5) is 33.9. The number of hydrogen-bond acceptors (Lipinski definition) is 10. The molecule has 1 fully saturated rings. The van der Waals surface area contributed by atoms with Crippen LogP contribution in [0.4, 0.5) is 26.0 Å². The van der Waals surface area contributed by atoms with Crippen LogP contribution in [0.3, 0.4) is 0 Å². The van der Waals surface area contributed by atoms with Crippen molar-refractivity contribution >= 4 is 44.2 Å². The lowest BCUT2D eigenvalue weighted by molar-refractivity contribution is -0.384. The smallest absolute Gasteiger partial charge is 0.337 e. The Balaban J connectivity index is 1.74. The molecule has 5 rings (SSSR count). The summed E-state index contributed by atoms with van der Waals surface area (Å²) >= 11 is 0. The Morgan fingerprint density at radius 3 is 2.35 bits per heavy atom. The van der Waals surface area contributed by atoms with E-state index in [-0.39, 0.29) is 38.4 Å². The monoisotopic (exact) mass is 613 g/mol. The van der Waals surface area contributed by atoms with E-state index in [0.717, 1.165) is 40.7 Å². The number of carbonyl (C=O) groups is 1. The van der Waals surface area contributed by atoms with Crippen molar-refractivity contribution in [1.82, 2.24) is 9.97 Å². The van der Waals surface area contributed by atoms with E-state index in [4.69, 9.17) is 14.5 Å². The molecule has 0 bridgehead atoms. The number of aromatic nitrogens is 2. The third-order valence-electron chi connectivity index (χ3n) is 6.93. The number of hydrogen-bond donors (Lipinski definition) is 0. The maximum Gasteiger partial charge on any atom is 0.337 e. The number of rotatable bonds is 8. The van der Waals surface area contributed by atoms with Gasteiger partial charge in [-0.1, -0.05) is 0 Å². The van der Waals surface area contributed by atoms with Crippen LogP contribution in [0.5, 0.6) is 0 Å². The summed E-state index contributed by atoms with van der Waals surface area (Å²) in [6.07, 6.45) is 1.52. The van der Waals surface area contributed by atoms with Crippen LogP contribution in [0.25, 0.3) is 11.0 Å². The summed E-state index contributed by atoms with van der Waals surface area (Å²) in [5.74, 6) is -2.31. The van der Waals surface area contributed by atoms with Crippen LogP contribution >= 0.6 is 0 Å². The molecule has 43 heavy (non-hydrogen) atoms. The second-order valence-electron chi connectivity index (χ2n) is 9.61. The van der Waals surface area contributed by atoms with Gasteiger partial charge in [0.05, 0.1) is 64.7 Å². The van der Waals surface area contributed by atoms with Crippen LogP contribution in [-0.2, 0) is 19.5 Å². The number of carbonyl (C=O) groups excluding carboxylic acids is 1. The lowest BCUT2D eigenvalue weighted by Crippen LogP contribution is -2.37. The van der Waals surface area contributed by atoms with E-state index in [1.807, 2.05) is 4.90 Å². The SMILES string of the molecule is COC(=O)c1cc(C(C)N(c2cc(F)cc(F)c2)S(=O)(=O)c2ccc([N+](=O)[O-])cc2)c2nc(N3CCOCC3)cnc2c1. The normalized spacial score (nSPS) is 14.4. The fourth-order valence-corrected chi connectivity index (χ4v) is 6.47. The highest BCUT2D eigenvalue weighted by molar-refractivity contribution is 7.92. The lowest BCUT2D eigenvalue weighted by atomic mass is 10.0. The van der Waals surface area contributed by atoms with Crippen molar-refractivity contribution in [2.75, 3.05) is 42.6 Å². The molecule has 3 aromatic carbocycles. The molecule has 0 saturated carbocycles. The van der Waals surface area contributed by atoms with Gasteiger partial charge in [-0.2, -0.15) is 0 Å². The van der Waals surface area contributed by atoms with Gasteiger partial charge >= 0.3 is 5.97 Å². The third-order valence-corrected chi connectivity index (χ3v) is 8.84. The minimum absolute atomic E-state index is 0.0448. The Labute approximate surface area is 244 Å². The topological polar surface area (TPSA) is 145 Å². The number of nitrogens with zero attached hydrogens (tertiary/aromatic N) is 5. The molecule has 12 nitrogen and oxygen atoms in total. The molecule has 0 radical (unpaired) electrons. The Bertz CT molecular complexity index is 1800. The standard InChI is InChI=1S/C28H25F2N5O7S/c1-17(24-11-18(28(36)41-2)12-25-27(24)32-26(16-31-25)33-7-9-42-10-8-33)34(22-14-19(29)13-20(30)15-22)43(39,40)23-5-3-21(4-6-23)35(37)38/h3-6,11-17H,7-10H2,1-2H3. The van der Waals surface area contributed by atoms with Crippen molar-refractivity contribution in [3.05, 3.63) is 93.7 Å². The highest BCUT2D eigenvalue weighted by atomic mass is 32.2. The highest BCUT2D eigenvalue weighted by Crippen LogP contribution is 2.37. The number of nitro benzene ring substituents is 1. The maximum atomic E-state index is 14.5. The van der Waals surface area contributed by atoms with Crippen molar-refractivity contribution in [2.24, 2.45) is 0 Å². The van der Waals surface area contributed by atoms with E-state index in [1.54, 1.807) is 0 Å². The van der Waals surface area contributed by atoms with E-state index in [1.165, 1.54) is 32.4 Å². The van der Waals surface area contributed by atoms with Crippen LogP contribution in [0.15, 0.2) is 65.7 Å². The summed E-state index contributed by atoms with van der Waals surface area (Å²) in [7, 11) is -3.45. The molecule has 1 aliphatic rings. The first-order valence-corrected chi connectivity index (χ1v) is 14.4. The first kappa shape index (κ1) is 29.7. The fourth-order valence-electron chi connectivity index (χ4n) is 4.85. The lowest BCUT2D eigenvalue weighted by Gasteiger charge is -2.32. The number of methoxy groups -OCH3 is 1. The highest BCUT2D eigenvalue weighted by Gasteiger charge is 2.34. The van der Waals surface area contributed by atoms with E-state index in [0.29, 0.717) is 38.2 Å². The summed E-state index contributed by atoms with van der Waals surface area (Å²) in [6, 6.07) is 7.98. The molecule has 224 valence electrons. The van der Waals surface area contributed by atoms with Crippen LogP contribution in [0.1, 0.15) is 28.9 Å². The third kappa shape index (κ3) is 5.94. The predicted molar refractivity (Wildman–Crippen MR) is 151 cm³/mol. The number of benzene rings is 3. The van der Waals surface area contributed by atoms with Crippen molar-refractivity contribution in [3.63, 3.8) is 0 Å². The molecule has 1 unspecified atom stereocenters. The number of esters is 1. The second kappa shape index (κ2) is 11.9. The molecule has 1 saturated heterocycles. The molecule has 0 N–H and O–H groups in total. The zero-order chi connectivity index (χ0) is 30.9. The Morgan fingerprint density at radius 2 is 1.74 bits per heavy atom. The number of morpholine rings is 1. The van der Waals surface area contributed by atoms with Gasteiger partial charge in [0.1, 0.15) is 17.5 Å². The second-order valence-corrected chi connectivity index (χ2v) is 11.4. The molecular weight excluding hydrogens is 588 g/mol. The van der Waals surface area contributed by atoms with Crippen LogP contribution in [0, 0.1) is 21.7 Å². The van der Waals surface area contributed by atoms with Crippen LogP contribution in [0.2, 0.25) is 0 Å². The summed E-state index contributed by atoms with van der Waals surface area (Å²) in [5, 5.41) is 11.2. The van der Waals surface area contributed by atoms with Gasteiger partial charge < -0.3 is 14.4 Å². The number of sulfonamides is 1. The molecule has 1 atom stereocenters. The van der Waals surface area contributed by atoms with Crippen LogP contribution < -0.4 is 9.21 Å². The zero-order valence-electron chi connectivity index (χ0n) is 22.9. The molecule has 0 aliphatic carbocycles. The van der Waals surface area contributed by atoms with Crippen molar-refractivity contribution in [1.29, 1.82) is 0 Å². The molecule has 4 aromatic rings. The number of non-ortho nitro benzene ring substituents is 1. The molecule has 1 aliphatic heterocycles. The summed E-state index contributed by atoms with van der Waals surface area (Å²) < 4.78 is 68.3. The molecule has 0 spiro atoms.